The number of carbonyl (C=O) groups is 1. The summed E-state index contributed by atoms with van der Waals surface area (Å²) < 4.78 is 15.7. The summed E-state index contributed by atoms with van der Waals surface area (Å²) >= 11 is 0. The molecule has 0 bridgehead atoms. The van der Waals surface area contributed by atoms with E-state index in [-0.39, 0.29) is 25.5 Å². The number of carbonyl (C=O) groups excluding carboxylic acids is 1. The molecule has 0 unspecified atom stereocenters. The molecule has 1 N–H and O–H groups in total. The van der Waals surface area contributed by atoms with Gasteiger partial charge in [0.15, 0.2) is 11.5 Å². The van der Waals surface area contributed by atoms with Gasteiger partial charge in [0.1, 0.15) is 12.4 Å². The van der Waals surface area contributed by atoms with Crippen LogP contribution >= 0.6 is 0 Å². The van der Waals surface area contributed by atoms with Crippen molar-refractivity contribution >= 4 is 5.91 Å². The number of benzene rings is 1. The maximum Gasteiger partial charge on any atom is 0.225 e. The highest BCUT2D eigenvalue weighted by Crippen LogP contribution is 2.25. The van der Waals surface area contributed by atoms with Gasteiger partial charge in [0, 0.05) is 5.56 Å². The van der Waals surface area contributed by atoms with Crippen molar-refractivity contribution in [2.75, 3.05) is 20.3 Å². The summed E-state index contributed by atoms with van der Waals surface area (Å²) in [5, 5.41) is 6.56. The van der Waals surface area contributed by atoms with Crippen molar-refractivity contribution in [3.8, 4) is 23.3 Å². The minimum absolute atomic E-state index is 0.121. The number of para-hydroxylation sites is 2. The monoisotopic (exact) mass is 328 g/mol. The van der Waals surface area contributed by atoms with E-state index in [1.54, 1.807) is 14.0 Å². The summed E-state index contributed by atoms with van der Waals surface area (Å²) in [5.41, 5.74) is 1.55. The van der Waals surface area contributed by atoms with Crippen molar-refractivity contribution in [3.05, 3.63) is 41.3 Å². The Morgan fingerprint density at radius 2 is 2.00 bits per heavy atom. The van der Waals surface area contributed by atoms with Crippen LogP contribution in [0.15, 0.2) is 28.8 Å². The molecular weight excluding hydrogens is 308 g/mol. The fourth-order valence-corrected chi connectivity index (χ4v) is 2.09. The molecule has 6 heteroatoms. The van der Waals surface area contributed by atoms with Gasteiger partial charge in [-0.15, -0.1) is 0 Å². The van der Waals surface area contributed by atoms with Gasteiger partial charge in [-0.3, -0.25) is 4.79 Å². The molecule has 0 aliphatic heterocycles. The fourth-order valence-electron chi connectivity index (χ4n) is 2.09. The third-order valence-corrected chi connectivity index (χ3v) is 3.39. The normalized spacial score (nSPS) is 9.79. The molecule has 0 aliphatic carbocycles. The largest absolute Gasteiger partial charge is 0.493 e. The predicted octanol–water partition coefficient (Wildman–Crippen LogP) is 2.04. The quantitative estimate of drug-likeness (QED) is 0.822. The fraction of sp³-hybridized carbons (Fsp3) is 0.333. The minimum Gasteiger partial charge on any atom is -0.493 e. The average Bonchev–Trinajstić information content (AvgIpc) is 2.90. The number of aryl methyl sites for hydroxylation is 2. The van der Waals surface area contributed by atoms with Crippen LogP contribution in [-0.4, -0.2) is 31.3 Å². The molecule has 1 heterocycles. The molecular formula is C18H20N2O4. The summed E-state index contributed by atoms with van der Waals surface area (Å²) in [4.78, 5) is 11.9. The first-order chi connectivity index (χ1) is 11.6. The van der Waals surface area contributed by atoms with Gasteiger partial charge in [0.25, 0.3) is 0 Å². The van der Waals surface area contributed by atoms with E-state index in [0.29, 0.717) is 17.3 Å². The highest BCUT2D eigenvalue weighted by atomic mass is 16.5. The van der Waals surface area contributed by atoms with E-state index in [1.807, 2.05) is 31.2 Å². The second-order valence-corrected chi connectivity index (χ2v) is 5.05. The van der Waals surface area contributed by atoms with Gasteiger partial charge in [-0.1, -0.05) is 29.1 Å². The van der Waals surface area contributed by atoms with Gasteiger partial charge in [0.05, 0.1) is 25.8 Å². The molecule has 6 nitrogen and oxygen atoms in total. The summed E-state index contributed by atoms with van der Waals surface area (Å²) in [6.07, 6.45) is 0.237. The van der Waals surface area contributed by atoms with E-state index < -0.39 is 0 Å². The highest BCUT2D eigenvalue weighted by Gasteiger charge is 2.12. The minimum atomic E-state index is -0.121. The first-order valence-corrected chi connectivity index (χ1v) is 7.51. The summed E-state index contributed by atoms with van der Waals surface area (Å²) in [5.74, 6) is 7.53. The first-order valence-electron chi connectivity index (χ1n) is 7.51. The molecule has 0 saturated heterocycles. The number of aromatic nitrogens is 1. The first kappa shape index (κ1) is 17.4. The zero-order chi connectivity index (χ0) is 17.4. The average molecular weight is 328 g/mol. The van der Waals surface area contributed by atoms with E-state index in [2.05, 4.69) is 22.3 Å². The Morgan fingerprint density at radius 3 is 2.67 bits per heavy atom. The highest BCUT2D eigenvalue weighted by molar-refractivity contribution is 5.79. The molecule has 0 aliphatic rings. The Balaban J connectivity index is 1.73. The zero-order valence-electron chi connectivity index (χ0n) is 14.0. The molecule has 1 aromatic heterocycles. The third-order valence-electron chi connectivity index (χ3n) is 3.39. The molecule has 0 spiro atoms. The lowest BCUT2D eigenvalue weighted by Crippen LogP contribution is -2.25. The van der Waals surface area contributed by atoms with E-state index in [4.69, 9.17) is 14.0 Å². The van der Waals surface area contributed by atoms with Crippen molar-refractivity contribution in [3.63, 3.8) is 0 Å². The maximum atomic E-state index is 11.9. The number of nitrogens with zero attached hydrogens (tertiary/aromatic N) is 1. The molecule has 1 amide bonds. The van der Waals surface area contributed by atoms with Crippen LogP contribution in [-0.2, 0) is 11.2 Å². The Morgan fingerprint density at radius 1 is 1.25 bits per heavy atom. The summed E-state index contributed by atoms with van der Waals surface area (Å²) in [6.45, 7) is 4.09. The van der Waals surface area contributed by atoms with Crippen LogP contribution in [0.1, 0.15) is 17.0 Å². The third kappa shape index (κ3) is 4.78. The van der Waals surface area contributed by atoms with Gasteiger partial charge in [0.2, 0.25) is 5.91 Å². The lowest BCUT2D eigenvalue weighted by Gasteiger charge is -2.07. The SMILES string of the molecule is COc1ccccc1OCC#CCNC(=O)Cc1c(C)noc1C. The number of hydrogen-bond donors (Lipinski definition) is 1. The number of ether oxygens (including phenoxy) is 2. The molecule has 0 atom stereocenters. The topological polar surface area (TPSA) is 73.6 Å². The molecule has 0 saturated carbocycles. The van der Waals surface area contributed by atoms with Gasteiger partial charge in [-0.2, -0.15) is 0 Å². The lowest BCUT2D eigenvalue weighted by atomic mass is 10.1. The van der Waals surface area contributed by atoms with Crippen LogP contribution in [0.25, 0.3) is 0 Å². The standard InChI is InChI=1S/C18H20N2O4/c1-13-15(14(2)24-20-13)12-18(21)19-10-6-7-11-23-17-9-5-4-8-16(17)22-3/h4-5,8-9H,10-12H2,1-3H3,(H,19,21). The number of amides is 1. The van der Waals surface area contributed by atoms with Gasteiger partial charge in [-0.05, 0) is 26.0 Å². The van der Waals surface area contributed by atoms with Crippen LogP contribution in [0, 0.1) is 25.7 Å². The zero-order valence-corrected chi connectivity index (χ0v) is 14.0. The summed E-state index contributed by atoms with van der Waals surface area (Å²) in [7, 11) is 1.59. The number of methoxy groups -OCH3 is 1. The van der Waals surface area contributed by atoms with Crippen molar-refractivity contribution in [1.29, 1.82) is 0 Å². The molecule has 0 radical (unpaired) electrons. The molecule has 126 valence electrons. The summed E-state index contributed by atoms with van der Waals surface area (Å²) in [6, 6.07) is 7.36. The molecule has 24 heavy (non-hydrogen) atoms. The molecule has 0 fully saturated rings. The van der Waals surface area contributed by atoms with Crippen LogP contribution < -0.4 is 14.8 Å². The Labute approximate surface area is 141 Å². The lowest BCUT2D eigenvalue weighted by molar-refractivity contribution is -0.120. The van der Waals surface area contributed by atoms with Crippen LogP contribution in [0.4, 0.5) is 0 Å². The van der Waals surface area contributed by atoms with Gasteiger partial charge >= 0.3 is 0 Å². The Kier molecular flexibility index (Phi) is 6.26. The second-order valence-electron chi connectivity index (χ2n) is 5.05. The molecule has 2 aromatic rings. The number of hydrogen-bond acceptors (Lipinski definition) is 5. The van der Waals surface area contributed by atoms with Crippen LogP contribution in [0.2, 0.25) is 0 Å². The van der Waals surface area contributed by atoms with Crippen molar-refractivity contribution in [2.24, 2.45) is 0 Å². The van der Waals surface area contributed by atoms with Gasteiger partial charge in [-0.25, -0.2) is 0 Å². The number of rotatable bonds is 6. The van der Waals surface area contributed by atoms with E-state index >= 15 is 0 Å². The van der Waals surface area contributed by atoms with Crippen molar-refractivity contribution in [2.45, 2.75) is 20.3 Å². The number of nitrogens with one attached hydrogen (secondary N) is 1. The van der Waals surface area contributed by atoms with Gasteiger partial charge < -0.3 is 19.3 Å². The Bertz CT molecular complexity index is 736. The van der Waals surface area contributed by atoms with Crippen molar-refractivity contribution in [1.82, 2.24) is 10.5 Å². The van der Waals surface area contributed by atoms with E-state index in [1.165, 1.54) is 0 Å². The maximum absolute atomic E-state index is 11.9. The second kappa shape index (κ2) is 8.63. The molecule has 1 aromatic carbocycles. The predicted molar refractivity (Wildman–Crippen MR) is 89.0 cm³/mol. The smallest absolute Gasteiger partial charge is 0.225 e. The van der Waals surface area contributed by atoms with E-state index in [0.717, 1.165) is 11.3 Å². The molecule has 2 rings (SSSR count). The van der Waals surface area contributed by atoms with Crippen LogP contribution in [0.5, 0.6) is 11.5 Å². The van der Waals surface area contributed by atoms with E-state index in [9.17, 15) is 4.79 Å². The Hall–Kier alpha value is -2.94. The van der Waals surface area contributed by atoms with Crippen LogP contribution in [0.3, 0.4) is 0 Å². The van der Waals surface area contributed by atoms with Crippen molar-refractivity contribution < 1.29 is 18.8 Å².